The van der Waals surface area contributed by atoms with Gasteiger partial charge in [-0.25, -0.2) is 0 Å². The molecule has 1 saturated heterocycles. The molecule has 2 unspecified atom stereocenters. The highest BCUT2D eigenvalue weighted by molar-refractivity contribution is 5.70. The summed E-state index contributed by atoms with van der Waals surface area (Å²) in [7, 11) is 3.98. The van der Waals surface area contributed by atoms with Crippen molar-refractivity contribution in [2.75, 3.05) is 40.3 Å². The molecular weight excluding hydrogens is 196 g/mol. The molecule has 0 aromatic heterocycles. The third-order valence-electron chi connectivity index (χ3n) is 2.55. The zero-order chi connectivity index (χ0) is 11.3. The Morgan fingerprint density at radius 1 is 1.53 bits per heavy atom. The molecule has 1 aliphatic rings. The van der Waals surface area contributed by atoms with Crippen molar-refractivity contribution in [1.29, 1.82) is 0 Å². The number of hydrogen-bond donors (Lipinski definition) is 2. The number of nitrogens with zero attached hydrogens (tertiary/aromatic N) is 1. The van der Waals surface area contributed by atoms with E-state index in [1.807, 2.05) is 19.0 Å². The molecule has 0 saturated carbocycles. The number of hydrogen-bond acceptors (Lipinski definition) is 4. The summed E-state index contributed by atoms with van der Waals surface area (Å²) in [6.07, 6.45) is 0.662. The second kappa shape index (κ2) is 6.05. The first kappa shape index (κ1) is 12.4. The lowest BCUT2D eigenvalue weighted by atomic mass is 9.98. The fourth-order valence-corrected chi connectivity index (χ4v) is 1.62. The average Bonchev–Trinajstić information content (AvgIpc) is 2.17. The Morgan fingerprint density at radius 2 is 2.27 bits per heavy atom. The van der Waals surface area contributed by atoms with E-state index in [1.165, 1.54) is 0 Å². The van der Waals surface area contributed by atoms with E-state index in [4.69, 9.17) is 9.84 Å². The Labute approximate surface area is 90.4 Å². The third-order valence-corrected chi connectivity index (χ3v) is 2.55. The highest BCUT2D eigenvalue weighted by Crippen LogP contribution is 2.13. The number of aliphatic carboxylic acids is 1. The number of likely N-dealkylation sites (N-methyl/N-ethyl adjacent to an activating group) is 1. The van der Waals surface area contributed by atoms with Crippen LogP contribution in [-0.4, -0.2) is 62.4 Å². The normalized spacial score (nSPS) is 26.9. The van der Waals surface area contributed by atoms with E-state index in [9.17, 15) is 4.79 Å². The zero-order valence-electron chi connectivity index (χ0n) is 9.40. The first-order chi connectivity index (χ1) is 7.09. The van der Waals surface area contributed by atoms with E-state index in [2.05, 4.69) is 5.32 Å². The second-order valence-electron chi connectivity index (χ2n) is 4.23. The molecule has 0 spiro atoms. The molecule has 1 fully saturated rings. The maximum absolute atomic E-state index is 10.8. The highest BCUT2D eigenvalue weighted by atomic mass is 16.5. The van der Waals surface area contributed by atoms with Gasteiger partial charge in [-0.15, -0.1) is 0 Å². The molecule has 2 N–H and O–H groups in total. The molecule has 0 aliphatic carbocycles. The highest BCUT2D eigenvalue weighted by Gasteiger charge is 2.26. The third kappa shape index (κ3) is 4.59. The van der Waals surface area contributed by atoms with Gasteiger partial charge in [0.2, 0.25) is 0 Å². The average molecular weight is 216 g/mol. The summed E-state index contributed by atoms with van der Waals surface area (Å²) < 4.78 is 5.61. The molecule has 0 amide bonds. The minimum Gasteiger partial charge on any atom is -0.481 e. The first-order valence-corrected chi connectivity index (χ1v) is 5.29. The maximum atomic E-state index is 10.8. The van der Waals surface area contributed by atoms with Crippen LogP contribution >= 0.6 is 0 Å². The van der Waals surface area contributed by atoms with Gasteiger partial charge in [-0.3, -0.25) is 4.79 Å². The Kier molecular flexibility index (Phi) is 5.01. The van der Waals surface area contributed by atoms with E-state index in [0.29, 0.717) is 19.6 Å². The Morgan fingerprint density at radius 3 is 2.87 bits per heavy atom. The fourth-order valence-electron chi connectivity index (χ4n) is 1.62. The lowest BCUT2D eigenvalue weighted by Gasteiger charge is -2.28. The summed E-state index contributed by atoms with van der Waals surface area (Å²) in [5.74, 6) is -1.04. The van der Waals surface area contributed by atoms with Gasteiger partial charge < -0.3 is 20.1 Å². The Bertz CT molecular complexity index is 209. The lowest BCUT2D eigenvalue weighted by Crippen LogP contribution is -2.44. The molecule has 1 aliphatic heterocycles. The van der Waals surface area contributed by atoms with E-state index in [1.54, 1.807) is 0 Å². The van der Waals surface area contributed by atoms with Gasteiger partial charge in [0.05, 0.1) is 18.6 Å². The molecular formula is C10H20N2O3. The number of carboxylic acids is 1. The van der Waals surface area contributed by atoms with Gasteiger partial charge in [-0.05, 0) is 20.5 Å². The molecule has 0 aromatic carbocycles. The molecule has 0 radical (unpaired) electrons. The van der Waals surface area contributed by atoms with Crippen LogP contribution in [0.2, 0.25) is 0 Å². The summed E-state index contributed by atoms with van der Waals surface area (Å²) in [5.41, 5.74) is 0. The van der Waals surface area contributed by atoms with Gasteiger partial charge >= 0.3 is 5.97 Å². The van der Waals surface area contributed by atoms with E-state index in [0.717, 1.165) is 13.1 Å². The maximum Gasteiger partial charge on any atom is 0.307 e. The SMILES string of the molecule is CN(C)CCOC1CNCC(C(=O)O)C1. The molecule has 0 bridgehead atoms. The van der Waals surface area contributed by atoms with E-state index >= 15 is 0 Å². The molecule has 2 atom stereocenters. The molecule has 5 nitrogen and oxygen atoms in total. The van der Waals surface area contributed by atoms with Crippen LogP contribution in [-0.2, 0) is 9.53 Å². The van der Waals surface area contributed by atoms with Crippen molar-refractivity contribution < 1.29 is 14.6 Å². The lowest BCUT2D eigenvalue weighted by molar-refractivity contribution is -0.144. The van der Waals surface area contributed by atoms with E-state index in [-0.39, 0.29) is 12.0 Å². The molecule has 0 aromatic rings. The summed E-state index contributed by atoms with van der Waals surface area (Å²) in [6, 6.07) is 0. The quantitative estimate of drug-likeness (QED) is 0.656. The smallest absolute Gasteiger partial charge is 0.307 e. The number of piperidine rings is 1. The number of rotatable bonds is 5. The van der Waals surface area contributed by atoms with Crippen molar-refractivity contribution in [2.24, 2.45) is 5.92 Å². The van der Waals surface area contributed by atoms with Crippen LogP contribution in [0.1, 0.15) is 6.42 Å². The zero-order valence-corrected chi connectivity index (χ0v) is 9.40. The number of carboxylic acid groups (broad SMARTS) is 1. The van der Waals surface area contributed by atoms with Crippen LogP contribution in [0.25, 0.3) is 0 Å². The standard InChI is InChI=1S/C10H20N2O3/c1-12(2)3-4-15-9-5-8(10(13)14)6-11-7-9/h8-9,11H,3-7H2,1-2H3,(H,13,14). The van der Waals surface area contributed by atoms with Gasteiger partial charge in [0, 0.05) is 19.6 Å². The number of nitrogens with one attached hydrogen (secondary N) is 1. The molecule has 5 heteroatoms. The van der Waals surface area contributed by atoms with Crippen LogP contribution < -0.4 is 5.32 Å². The fraction of sp³-hybridized carbons (Fsp3) is 0.900. The summed E-state index contributed by atoms with van der Waals surface area (Å²) >= 11 is 0. The van der Waals surface area contributed by atoms with Crippen molar-refractivity contribution in [3.05, 3.63) is 0 Å². The Balaban J connectivity index is 2.21. The molecule has 1 rings (SSSR count). The van der Waals surface area contributed by atoms with Gasteiger partial charge in [-0.1, -0.05) is 0 Å². The van der Waals surface area contributed by atoms with Gasteiger partial charge in [-0.2, -0.15) is 0 Å². The van der Waals surface area contributed by atoms with Crippen LogP contribution in [0.5, 0.6) is 0 Å². The first-order valence-electron chi connectivity index (χ1n) is 5.29. The molecule has 88 valence electrons. The topological polar surface area (TPSA) is 61.8 Å². The van der Waals surface area contributed by atoms with Gasteiger partial charge in [0.25, 0.3) is 0 Å². The second-order valence-corrected chi connectivity index (χ2v) is 4.23. The largest absolute Gasteiger partial charge is 0.481 e. The van der Waals surface area contributed by atoms with Gasteiger partial charge in [0.1, 0.15) is 0 Å². The van der Waals surface area contributed by atoms with Crippen LogP contribution in [0.4, 0.5) is 0 Å². The van der Waals surface area contributed by atoms with Crippen LogP contribution in [0.15, 0.2) is 0 Å². The Hall–Kier alpha value is -0.650. The van der Waals surface area contributed by atoms with E-state index < -0.39 is 5.97 Å². The number of carbonyl (C=O) groups is 1. The van der Waals surface area contributed by atoms with Crippen molar-refractivity contribution in [3.8, 4) is 0 Å². The summed E-state index contributed by atoms with van der Waals surface area (Å²) in [4.78, 5) is 12.8. The van der Waals surface area contributed by atoms with Crippen LogP contribution in [0.3, 0.4) is 0 Å². The predicted octanol–water partition coefficient (Wildman–Crippen LogP) is -0.373. The minimum absolute atomic E-state index is 0.0415. The van der Waals surface area contributed by atoms with Gasteiger partial charge in [0.15, 0.2) is 0 Å². The van der Waals surface area contributed by atoms with Crippen molar-refractivity contribution in [3.63, 3.8) is 0 Å². The van der Waals surface area contributed by atoms with Crippen molar-refractivity contribution >= 4 is 5.97 Å². The minimum atomic E-state index is -0.733. The molecule has 1 heterocycles. The van der Waals surface area contributed by atoms with Crippen LogP contribution in [0, 0.1) is 5.92 Å². The molecule has 15 heavy (non-hydrogen) atoms. The predicted molar refractivity (Wildman–Crippen MR) is 56.9 cm³/mol. The van der Waals surface area contributed by atoms with Crippen molar-refractivity contribution in [2.45, 2.75) is 12.5 Å². The summed E-state index contributed by atoms with van der Waals surface area (Å²) in [6.45, 7) is 2.85. The monoisotopic (exact) mass is 216 g/mol. The summed E-state index contributed by atoms with van der Waals surface area (Å²) in [5, 5.41) is 12.0. The van der Waals surface area contributed by atoms with Crippen molar-refractivity contribution in [1.82, 2.24) is 10.2 Å². The number of ether oxygens (including phenoxy) is 1.